The molecule has 0 saturated carbocycles. The van der Waals surface area contributed by atoms with E-state index < -0.39 is 47.1 Å². The van der Waals surface area contributed by atoms with E-state index in [-0.39, 0.29) is 29.9 Å². The molecular formula is C25H22FN3O7. The highest BCUT2D eigenvalue weighted by Crippen LogP contribution is 2.33. The maximum atomic E-state index is 14.4. The van der Waals surface area contributed by atoms with Crippen LogP contribution in [0.25, 0.3) is 0 Å². The predicted molar refractivity (Wildman–Crippen MR) is 123 cm³/mol. The third-order valence-corrected chi connectivity index (χ3v) is 5.58. The molecule has 3 aromatic rings. The number of hydrogen-bond acceptors (Lipinski definition) is 9. The van der Waals surface area contributed by atoms with E-state index in [1.807, 2.05) is 0 Å². The highest BCUT2D eigenvalue weighted by molar-refractivity contribution is 5.94. The van der Waals surface area contributed by atoms with Crippen LogP contribution < -0.4 is 10.3 Å². The molecule has 2 heterocycles. The van der Waals surface area contributed by atoms with E-state index >= 15 is 0 Å². The standard InChI is InChI=1S/C25H22FN3O7/c1-28-21(18-13-17(26)14-29(18)36-24(32)16-11-7-4-8-12-16)27-19(25(33)34-2)20(22(28)30)35-23(31)15-9-5-3-6-10-15/h3-12,17-18H,13-14H2,1-2H3/t17-,18-/m0/s1. The molecule has 0 spiro atoms. The van der Waals surface area contributed by atoms with Gasteiger partial charge >= 0.3 is 17.9 Å². The van der Waals surface area contributed by atoms with Crippen molar-refractivity contribution in [3.63, 3.8) is 0 Å². The fraction of sp³-hybridized carbons (Fsp3) is 0.240. The molecule has 1 aromatic heterocycles. The molecule has 2 aromatic carbocycles. The van der Waals surface area contributed by atoms with Gasteiger partial charge in [-0.15, -0.1) is 5.06 Å². The molecule has 0 unspecified atom stereocenters. The summed E-state index contributed by atoms with van der Waals surface area (Å²) in [4.78, 5) is 60.4. The highest BCUT2D eigenvalue weighted by atomic mass is 19.1. The van der Waals surface area contributed by atoms with E-state index in [0.717, 1.165) is 16.7 Å². The summed E-state index contributed by atoms with van der Waals surface area (Å²) in [7, 11) is 2.40. The number of hydroxylamine groups is 2. The van der Waals surface area contributed by atoms with Crippen molar-refractivity contribution in [2.45, 2.75) is 18.6 Å². The van der Waals surface area contributed by atoms with Crippen LogP contribution in [0.1, 0.15) is 49.5 Å². The quantitative estimate of drug-likeness (QED) is 0.476. The Morgan fingerprint density at radius 2 is 1.53 bits per heavy atom. The first-order valence-corrected chi connectivity index (χ1v) is 10.9. The van der Waals surface area contributed by atoms with E-state index in [9.17, 15) is 23.6 Å². The number of esters is 2. The number of hydrogen-bond donors (Lipinski definition) is 0. The fourth-order valence-electron chi connectivity index (χ4n) is 3.77. The number of rotatable bonds is 6. The number of methoxy groups -OCH3 is 1. The molecule has 4 rings (SSSR count). The molecule has 0 radical (unpaired) electrons. The van der Waals surface area contributed by atoms with Crippen molar-refractivity contribution in [2.75, 3.05) is 13.7 Å². The number of benzene rings is 2. The third kappa shape index (κ3) is 5.01. The fourth-order valence-corrected chi connectivity index (χ4v) is 3.77. The molecule has 0 amide bonds. The van der Waals surface area contributed by atoms with Gasteiger partial charge in [0.15, 0.2) is 5.69 Å². The van der Waals surface area contributed by atoms with Crippen LogP contribution in [0.15, 0.2) is 65.5 Å². The lowest BCUT2D eigenvalue weighted by atomic mass is 10.2. The van der Waals surface area contributed by atoms with Crippen molar-refractivity contribution in [1.82, 2.24) is 14.6 Å². The topological polar surface area (TPSA) is 117 Å². The highest BCUT2D eigenvalue weighted by Gasteiger charge is 2.40. The van der Waals surface area contributed by atoms with Crippen molar-refractivity contribution in [3.05, 3.63) is 93.7 Å². The number of halogens is 1. The summed E-state index contributed by atoms with van der Waals surface area (Å²) < 4.78 is 25.4. The minimum atomic E-state index is -1.40. The second-order valence-electron chi connectivity index (χ2n) is 7.95. The Bertz CT molecular complexity index is 1350. The van der Waals surface area contributed by atoms with Gasteiger partial charge in [0.25, 0.3) is 5.56 Å². The monoisotopic (exact) mass is 495 g/mol. The molecule has 0 N–H and O–H groups in total. The van der Waals surface area contributed by atoms with Crippen LogP contribution in [-0.2, 0) is 16.6 Å². The molecule has 1 saturated heterocycles. The minimum Gasteiger partial charge on any atom is -0.464 e. The van der Waals surface area contributed by atoms with E-state index in [4.69, 9.17) is 14.3 Å². The largest absolute Gasteiger partial charge is 0.464 e. The molecule has 10 nitrogen and oxygen atoms in total. The van der Waals surface area contributed by atoms with Gasteiger partial charge in [-0.05, 0) is 24.3 Å². The number of ether oxygens (including phenoxy) is 2. The maximum absolute atomic E-state index is 14.4. The Morgan fingerprint density at radius 3 is 2.11 bits per heavy atom. The minimum absolute atomic E-state index is 0.0686. The van der Waals surface area contributed by atoms with Crippen molar-refractivity contribution in [1.29, 1.82) is 0 Å². The molecule has 0 bridgehead atoms. The summed E-state index contributed by atoms with van der Waals surface area (Å²) in [5.74, 6) is -3.34. The summed E-state index contributed by atoms with van der Waals surface area (Å²) in [6.45, 7) is -0.266. The van der Waals surface area contributed by atoms with Crippen LogP contribution in [0.3, 0.4) is 0 Å². The second kappa shape index (κ2) is 10.5. The summed E-state index contributed by atoms with van der Waals surface area (Å²) >= 11 is 0. The molecule has 36 heavy (non-hydrogen) atoms. The van der Waals surface area contributed by atoms with Gasteiger partial charge in [0.1, 0.15) is 18.0 Å². The van der Waals surface area contributed by atoms with Crippen LogP contribution in [0, 0.1) is 0 Å². The molecule has 0 aliphatic carbocycles. The van der Waals surface area contributed by atoms with Crippen LogP contribution in [0.2, 0.25) is 0 Å². The second-order valence-corrected chi connectivity index (χ2v) is 7.95. The molecule has 1 aliphatic heterocycles. The third-order valence-electron chi connectivity index (χ3n) is 5.58. The van der Waals surface area contributed by atoms with Crippen LogP contribution in [-0.4, -0.2) is 52.3 Å². The summed E-state index contributed by atoms with van der Waals surface area (Å²) in [6, 6.07) is 15.0. The smallest absolute Gasteiger partial charge is 0.360 e. The van der Waals surface area contributed by atoms with Gasteiger partial charge in [0.2, 0.25) is 5.75 Å². The van der Waals surface area contributed by atoms with Gasteiger partial charge in [0, 0.05) is 13.5 Å². The Kier molecular flexibility index (Phi) is 7.20. The molecule has 2 atom stereocenters. The number of carbonyl (C=O) groups is 3. The van der Waals surface area contributed by atoms with Crippen molar-refractivity contribution in [3.8, 4) is 5.75 Å². The summed E-state index contributed by atoms with van der Waals surface area (Å²) in [5.41, 5.74) is -1.04. The van der Waals surface area contributed by atoms with E-state index in [0.29, 0.717) is 0 Å². The molecule has 1 aliphatic rings. The van der Waals surface area contributed by atoms with Crippen molar-refractivity contribution in [2.24, 2.45) is 7.05 Å². The Hall–Kier alpha value is -4.38. The lowest BCUT2D eigenvalue weighted by Crippen LogP contribution is -2.35. The number of nitrogens with zero attached hydrogens (tertiary/aromatic N) is 3. The number of aromatic nitrogens is 2. The van der Waals surface area contributed by atoms with Gasteiger partial charge in [-0.25, -0.2) is 23.8 Å². The number of alkyl halides is 1. The predicted octanol–water partition coefficient (Wildman–Crippen LogP) is 2.64. The molecule has 11 heteroatoms. The first kappa shape index (κ1) is 24.7. The SMILES string of the molecule is COC(=O)c1nc([C@@H]2C[C@H](F)CN2OC(=O)c2ccccc2)n(C)c(=O)c1OC(=O)c1ccccc1. The summed E-state index contributed by atoms with van der Waals surface area (Å²) in [6.07, 6.45) is -1.56. The average molecular weight is 495 g/mol. The zero-order valence-electron chi connectivity index (χ0n) is 19.4. The van der Waals surface area contributed by atoms with Crippen LogP contribution in [0.5, 0.6) is 5.75 Å². The first-order chi connectivity index (χ1) is 17.3. The van der Waals surface area contributed by atoms with Crippen LogP contribution >= 0.6 is 0 Å². The van der Waals surface area contributed by atoms with Crippen molar-refractivity contribution >= 4 is 17.9 Å². The number of carbonyl (C=O) groups excluding carboxylic acids is 3. The van der Waals surface area contributed by atoms with Crippen LogP contribution in [0.4, 0.5) is 4.39 Å². The normalized spacial score (nSPS) is 17.4. The van der Waals surface area contributed by atoms with Crippen molar-refractivity contribution < 1.29 is 33.1 Å². The Balaban J connectivity index is 1.71. The summed E-state index contributed by atoms with van der Waals surface area (Å²) in [5, 5.41) is 1.08. The van der Waals surface area contributed by atoms with Gasteiger partial charge < -0.3 is 14.3 Å². The van der Waals surface area contributed by atoms with Gasteiger partial charge in [-0.3, -0.25) is 9.36 Å². The van der Waals surface area contributed by atoms with E-state index in [1.54, 1.807) is 48.5 Å². The Morgan fingerprint density at radius 1 is 0.944 bits per heavy atom. The average Bonchev–Trinajstić information content (AvgIpc) is 3.26. The maximum Gasteiger partial charge on any atom is 0.360 e. The molecule has 1 fully saturated rings. The lowest BCUT2D eigenvalue weighted by molar-refractivity contribution is -0.124. The molecular weight excluding hydrogens is 473 g/mol. The first-order valence-electron chi connectivity index (χ1n) is 10.9. The van der Waals surface area contributed by atoms with Gasteiger partial charge in [0.05, 0.1) is 24.8 Å². The Labute approximate surface area is 204 Å². The zero-order valence-corrected chi connectivity index (χ0v) is 19.4. The van der Waals surface area contributed by atoms with E-state index in [2.05, 4.69) is 4.98 Å². The zero-order chi connectivity index (χ0) is 25.8. The van der Waals surface area contributed by atoms with E-state index in [1.165, 1.54) is 19.2 Å². The molecule has 186 valence electrons. The van der Waals surface area contributed by atoms with Gasteiger partial charge in [-0.2, -0.15) is 0 Å². The lowest BCUT2D eigenvalue weighted by Gasteiger charge is -2.24. The van der Waals surface area contributed by atoms with Gasteiger partial charge in [-0.1, -0.05) is 36.4 Å².